The van der Waals surface area contributed by atoms with Crippen LogP contribution in [0, 0.1) is 6.92 Å². The van der Waals surface area contributed by atoms with Crippen molar-refractivity contribution in [3.63, 3.8) is 0 Å². The van der Waals surface area contributed by atoms with Crippen molar-refractivity contribution >= 4 is 23.8 Å². The van der Waals surface area contributed by atoms with Crippen molar-refractivity contribution in [3.05, 3.63) is 35.4 Å². The van der Waals surface area contributed by atoms with Gasteiger partial charge in [0.2, 0.25) is 17.7 Å². The minimum atomic E-state index is -1.12. The largest absolute Gasteiger partial charge is 0.444 e. The number of alkyl carbamates (subject to hydrolysis) is 1. The van der Waals surface area contributed by atoms with Gasteiger partial charge in [0.1, 0.15) is 17.7 Å². The van der Waals surface area contributed by atoms with Gasteiger partial charge >= 0.3 is 6.09 Å². The highest BCUT2D eigenvalue weighted by Crippen LogP contribution is 2.31. The molecule has 0 radical (unpaired) electrons. The molecule has 2 atom stereocenters. The van der Waals surface area contributed by atoms with Crippen LogP contribution in [0.25, 0.3) is 0 Å². The average molecular weight is 531 g/mol. The molecule has 4 amide bonds. The Bertz CT molecular complexity index is 972. The van der Waals surface area contributed by atoms with Crippen LogP contribution >= 0.6 is 0 Å². The minimum absolute atomic E-state index is 0.0230. The van der Waals surface area contributed by atoms with E-state index in [2.05, 4.69) is 10.6 Å². The number of hydrogen-bond donors (Lipinski definition) is 3. The number of aryl methyl sites for hydroxylation is 1. The van der Waals surface area contributed by atoms with Gasteiger partial charge in [-0.15, -0.1) is 0 Å². The fourth-order valence-electron chi connectivity index (χ4n) is 4.70. The molecule has 0 bridgehead atoms. The summed E-state index contributed by atoms with van der Waals surface area (Å²) in [6.07, 6.45) is 4.13. The Balaban J connectivity index is 2.50. The Kier molecular flexibility index (Phi) is 10.7. The van der Waals surface area contributed by atoms with Crippen LogP contribution in [0.1, 0.15) is 104 Å². The monoisotopic (exact) mass is 530 g/mol. The average Bonchev–Trinajstić information content (AvgIpc) is 2.79. The van der Waals surface area contributed by atoms with Crippen molar-refractivity contribution in [2.75, 3.05) is 0 Å². The second-order valence-electron chi connectivity index (χ2n) is 12.2. The molecule has 9 nitrogen and oxygen atoms in total. The maximum Gasteiger partial charge on any atom is 0.408 e. The summed E-state index contributed by atoms with van der Waals surface area (Å²) in [7, 11) is 0. The lowest BCUT2D eigenvalue weighted by atomic mass is 9.92. The van der Waals surface area contributed by atoms with E-state index in [-0.39, 0.29) is 24.8 Å². The molecule has 1 aromatic carbocycles. The lowest BCUT2D eigenvalue weighted by molar-refractivity contribution is -0.149. The second kappa shape index (κ2) is 13.1. The van der Waals surface area contributed by atoms with E-state index in [4.69, 9.17) is 10.5 Å². The SMILES string of the molecule is Cc1ccc(C(C(=O)NC2CCCCC2)N(C(=O)C(CCC(N)=O)NC(=O)OC(C)(C)C)C(C)(C)C)cc1. The molecule has 9 heteroatoms. The molecule has 0 spiro atoms. The normalized spacial score (nSPS) is 16.2. The van der Waals surface area contributed by atoms with Crippen LogP contribution in [0.2, 0.25) is 0 Å². The molecule has 38 heavy (non-hydrogen) atoms. The van der Waals surface area contributed by atoms with E-state index in [0.29, 0.717) is 5.56 Å². The number of benzene rings is 1. The first kappa shape index (κ1) is 31.1. The quantitative estimate of drug-likeness (QED) is 0.439. The van der Waals surface area contributed by atoms with E-state index in [9.17, 15) is 19.2 Å². The molecule has 0 aliphatic heterocycles. The lowest BCUT2D eigenvalue weighted by Gasteiger charge is -2.43. The topological polar surface area (TPSA) is 131 Å². The Morgan fingerprint density at radius 3 is 2.08 bits per heavy atom. The van der Waals surface area contributed by atoms with Gasteiger partial charge < -0.3 is 26.0 Å². The van der Waals surface area contributed by atoms with Crippen molar-refractivity contribution in [1.29, 1.82) is 0 Å². The zero-order chi connectivity index (χ0) is 28.7. The first-order valence-corrected chi connectivity index (χ1v) is 13.6. The van der Waals surface area contributed by atoms with Crippen molar-refractivity contribution in [1.82, 2.24) is 15.5 Å². The zero-order valence-electron chi connectivity index (χ0n) is 24.1. The summed E-state index contributed by atoms with van der Waals surface area (Å²) in [5.41, 5.74) is 5.48. The summed E-state index contributed by atoms with van der Waals surface area (Å²) in [4.78, 5) is 53.9. The molecule has 2 rings (SSSR count). The maximum atomic E-state index is 14.2. The van der Waals surface area contributed by atoms with Crippen molar-refractivity contribution in [3.8, 4) is 0 Å². The van der Waals surface area contributed by atoms with Crippen LogP contribution in [-0.2, 0) is 19.1 Å². The van der Waals surface area contributed by atoms with E-state index in [1.807, 2.05) is 52.0 Å². The van der Waals surface area contributed by atoms with Gasteiger partial charge in [0.05, 0.1) is 0 Å². The predicted molar refractivity (Wildman–Crippen MR) is 147 cm³/mol. The Hall–Kier alpha value is -3.10. The van der Waals surface area contributed by atoms with Gasteiger partial charge in [-0.1, -0.05) is 49.1 Å². The van der Waals surface area contributed by atoms with Gasteiger partial charge in [-0.05, 0) is 73.3 Å². The molecule has 212 valence electrons. The number of nitrogens with two attached hydrogens (primary N) is 1. The highest BCUT2D eigenvalue weighted by molar-refractivity contribution is 5.93. The molecule has 1 fully saturated rings. The summed E-state index contributed by atoms with van der Waals surface area (Å²) in [6.45, 7) is 12.7. The molecule has 0 saturated heterocycles. The number of primary amides is 1. The molecule has 1 aliphatic rings. The molecule has 0 heterocycles. The minimum Gasteiger partial charge on any atom is -0.444 e. The first-order valence-electron chi connectivity index (χ1n) is 13.6. The highest BCUT2D eigenvalue weighted by Gasteiger charge is 2.42. The van der Waals surface area contributed by atoms with Gasteiger partial charge in [0, 0.05) is 18.0 Å². The number of hydrogen-bond acceptors (Lipinski definition) is 5. The van der Waals surface area contributed by atoms with Crippen LogP contribution < -0.4 is 16.4 Å². The fourth-order valence-corrected chi connectivity index (χ4v) is 4.70. The Morgan fingerprint density at radius 2 is 1.58 bits per heavy atom. The predicted octanol–water partition coefficient (Wildman–Crippen LogP) is 4.27. The van der Waals surface area contributed by atoms with Crippen molar-refractivity contribution in [2.24, 2.45) is 5.73 Å². The van der Waals surface area contributed by atoms with Crippen LogP contribution in [0.15, 0.2) is 24.3 Å². The second-order valence-corrected chi connectivity index (χ2v) is 12.2. The lowest BCUT2D eigenvalue weighted by Crippen LogP contribution is -2.59. The standard InChI is InChI=1S/C29H46N4O5/c1-19-13-15-20(16-14-19)24(25(35)31-21-11-9-8-10-12-21)33(28(2,3)4)26(36)22(17-18-23(30)34)32-27(37)38-29(5,6)7/h13-16,21-22,24H,8-12,17-18H2,1-7H3,(H2,30,34)(H,31,35)(H,32,37). The van der Waals surface area contributed by atoms with Gasteiger partial charge in [-0.25, -0.2) is 4.79 Å². The molecule has 1 aromatic rings. The Labute approximate surface area is 227 Å². The molecular weight excluding hydrogens is 484 g/mol. The molecule has 1 saturated carbocycles. The van der Waals surface area contributed by atoms with Crippen LogP contribution in [0.5, 0.6) is 0 Å². The first-order chi connectivity index (χ1) is 17.6. The van der Waals surface area contributed by atoms with E-state index in [0.717, 1.165) is 37.7 Å². The molecule has 2 unspecified atom stereocenters. The number of nitrogens with one attached hydrogen (secondary N) is 2. The van der Waals surface area contributed by atoms with Crippen LogP contribution in [0.3, 0.4) is 0 Å². The molecular formula is C29H46N4O5. The van der Waals surface area contributed by atoms with Crippen LogP contribution in [-0.4, -0.2) is 51.9 Å². The highest BCUT2D eigenvalue weighted by atomic mass is 16.6. The van der Waals surface area contributed by atoms with Crippen LogP contribution in [0.4, 0.5) is 4.79 Å². The zero-order valence-corrected chi connectivity index (χ0v) is 24.1. The van der Waals surface area contributed by atoms with E-state index < -0.39 is 41.1 Å². The summed E-state index contributed by atoms with van der Waals surface area (Å²) in [6, 6.07) is 5.51. The molecule has 1 aliphatic carbocycles. The summed E-state index contributed by atoms with van der Waals surface area (Å²) < 4.78 is 5.38. The number of carbonyl (C=O) groups is 4. The fraction of sp³-hybridized carbons (Fsp3) is 0.655. The maximum absolute atomic E-state index is 14.2. The number of carbonyl (C=O) groups excluding carboxylic acids is 4. The van der Waals surface area contributed by atoms with E-state index >= 15 is 0 Å². The summed E-state index contributed by atoms with van der Waals surface area (Å²) in [5, 5.41) is 5.81. The number of ether oxygens (including phenoxy) is 1. The van der Waals surface area contributed by atoms with Crippen molar-refractivity contribution in [2.45, 2.75) is 123 Å². The van der Waals surface area contributed by atoms with Gasteiger partial charge in [-0.2, -0.15) is 0 Å². The van der Waals surface area contributed by atoms with Crippen molar-refractivity contribution < 1.29 is 23.9 Å². The third-order valence-electron chi connectivity index (χ3n) is 6.48. The third-order valence-corrected chi connectivity index (χ3v) is 6.48. The smallest absolute Gasteiger partial charge is 0.408 e. The number of rotatable bonds is 9. The Morgan fingerprint density at radius 1 is 1.00 bits per heavy atom. The van der Waals surface area contributed by atoms with Gasteiger partial charge in [0.15, 0.2) is 0 Å². The van der Waals surface area contributed by atoms with E-state index in [1.165, 1.54) is 4.90 Å². The number of nitrogens with zero attached hydrogens (tertiary/aromatic N) is 1. The summed E-state index contributed by atoms with van der Waals surface area (Å²) in [5.74, 6) is -1.36. The van der Waals surface area contributed by atoms with Gasteiger partial charge in [-0.3, -0.25) is 14.4 Å². The van der Waals surface area contributed by atoms with Gasteiger partial charge in [0.25, 0.3) is 0 Å². The summed E-state index contributed by atoms with van der Waals surface area (Å²) >= 11 is 0. The van der Waals surface area contributed by atoms with E-state index in [1.54, 1.807) is 20.8 Å². The number of amides is 4. The third kappa shape index (κ3) is 9.65. The molecule has 4 N–H and O–H groups in total. The molecule has 0 aromatic heterocycles.